The number of nitriles is 1. The van der Waals surface area contributed by atoms with E-state index < -0.39 is 5.60 Å². The van der Waals surface area contributed by atoms with Gasteiger partial charge < -0.3 is 120 Å². The molecule has 11 aromatic rings. The summed E-state index contributed by atoms with van der Waals surface area (Å²) in [6.07, 6.45) is 4.87. The van der Waals surface area contributed by atoms with Gasteiger partial charge in [-0.1, -0.05) is 319 Å². The Bertz CT molecular complexity index is 4430. The van der Waals surface area contributed by atoms with Crippen molar-refractivity contribution >= 4 is 0 Å². The molecule has 27 heteroatoms. The summed E-state index contributed by atoms with van der Waals surface area (Å²) in [4.78, 5) is 23.6. The van der Waals surface area contributed by atoms with Gasteiger partial charge in [-0.2, -0.15) is 5.26 Å². The number of hydrogen-bond acceptors (Lipinski definition) is 27. The number of benzene rings is 10. The number of nitrogens with zero attached hydrogens (tertiary/aromatic N) is 12. The second-order valence-corrected chi connectivity index (χ2v) is 35.9. The second kappa shape index (κ2) is 109. The van der Waals surface area contributed by atoms with E-state index in [1.165, 1.54) is 76.9 Å². The molecule has 0 spiro atoms. The molecule has 150 heavy (non-hydrogen) atoms. The fourth-order valence-electron chi connectivity index (χ4n) is 13.8. The minimum atomic E-state index is -0.854. The van der Waals surface area contributed by atoms with E-state index in [9.17, 15) is 5.11 Å². The maximum atomic E-state index is 11.4. The molecule has 0 radical (unpaired) electrons. The van der Waals surface area contributed by atoms with Gasteiger partial charge in [-0.05, 0) is 225 Å². The molecule has 0 fully saturated rings. The number of furan rings is 1. The van der Waals surface area contributed by atoms with Crippen LogP contribution in [-0.2, 0) is 77.5 Å². The quantitative estimate of drug-likeness (QED) is 0.0169. The lowest BCUT2D eigenvalue weighted by molar-refractivity contribution is -0.0254. The van der Waals surface area contributed by atoms with E-state index in [0.29, 0.717) is 51.3 Å². The average molecular weight is 2090 g/mol. The summed E-state index contributed by atoms with van der Waals surface area (Å²) in [6, 6.07) is 107. The molecule has 0 bridgehead atoms. The maximum absolute atomic E-state index is 11.4. The Labute approximate surface area is 908 Å². The molecule has 0 saturated heterocycles. The molecule has 0 aliphatic carbocycles. The summed E-state index contributed by atoms with van der Waals surface area (Å²) in [6.45, 7) is 26.8. The second-order valence-electron chi connectivity index (χ2n) is 35.9. The summed E-state index contributed by atoms with van der Waals surface area (Å²) < 4.78 is 10.4. The Morgan fingerprint density at radius 3 is 0.887 bits per heavy atom. The van der Waals surface area contributed by atoms with Crippen LogP contribution in [0.2, 0.25) is 0 Å². The van der Waals surface area contributed by atoms with Gasteiger partial charge in [0.25, 0.3) is 0 Å². The molecule has 1 heterocycles. The van der Waals surface area contributed by atoms with Crippen LogP contribution >= 0.6 is 0 Å². The predicted molar refractivity (Wildman–Crippen MR) is 628 cm³/mol. The van der Waals surface area contributed by atoms with Crippen LogP contribution in [-0.4, -0.2) is 367 Å². The number of ether oxygens (including phenoxy) is 1. The number of aliphatic hydroxyl groups is 13. The average Bonchev–Trinajstić information content (AvgIpc) is 1.03. The minimum absolute atomic E-state index is 0.0204. The molecule has 0 saturated carbocycles. The summed E-state index contributed by atoms with van der Waals surface area (Å²) in [5, 5.41) is 114. The molecule has 0 aliphatic rings. The molecule has 1 aromatic heterocycles. The minimum Gasteiger partial charge on any atom is -0.497 e. The van der Waals surface area contributed by atoms with E-state index in [1.54, 1.807) is 20.1 Å². The van der Waals surface area contributed by atoms with E-state index >= 15 is 0 Å². The van der Waals surface area contributed by atoms with E-state index in [-0.39, 0.29) is 58.8 Å². The lowest BCUT2D eigenvalue weighted by Crippen LogP contribution is -2.41. The van der Waals surface area contributed by atoms with Crippen LogP contribution in [0.4, 0.5) is 0 Å². The Balaban J connectivity index is -0.000000377. The van der Waals surface area contributed by atoms with Gasteiger partial charge in [-0.3, -0.25) is 9.80 Å². The van der Waals surface area contributed by atoms with Crippen molar-refractivity contribution in [2.75, 3.05) is 246 Å². The number of unbranched alkanes of at least 4 members (excludes halogenated alkanes) is 1. The van der Waals surface area contributed by atoms with Crippen molar-refractivity contribution in [2.24, 2.45) is 5.92 Å². The standard InChI is InChI=1S/C19H25NO.C12H19N.C11H17NO2.C11H17N.C10H15NO.C10H15N.3C9H13N.C8H13NO2.C7H14N2O2.C2H6O2.C2H6O.4CH4O/c1-16(15-20(2)3)19(21,18-12-8-5-9-13-18)14-17-10-6-4-7-11-17;1-3-4-10-13(2)11-12-8-6-5-7-9-12;13-8-6-12(7-9-14)10-11-4-2-1-3-5-11;1-3-9-12(2)10-11-7-5-4-6-8-11;1-11(2)8-9-5-4-6-10(7-9)12-3;1-3-11(2)9-10-7-5-4-6-8-10;3*1-10(2)8-9-6-4-3-5-7-9;1-9(2)5-7-3-4-8(6-10)11-7;8-2-1-3-9(4-6-10)5-7-11;3-1-2-4;1-2-3;4*1-2/h4-13,16,21H,14-15H2,1-3H3;5-9H,3-4,10-11H2,1-2H3;1-5,13-14H,6-10H2;4-8H,3,9-10H2,1-2H3;4-7H,8H2,1-3H3;4-8H,3,9H2,1-2H3;3*3-7H,8H2,1-2H3;3-4,10H,5-6H2,1-2H3;10-11H,1,3-7H2;3-4H,1-2H2;3H,2H2,1H3;4*2H,1H3. The van der Waals surface area contributed by atoms with Crippen molar-refractivity contribution in [3.63, 3.8) is 0 Å². The summed E-state index contributed by atoms with van der Waals surface area (Å²) in [5.41, 5.74) is 12.1. The molecule has 13 N–H and O–H groups in total. The van der Waals surface area contributed by atoms with Gasteiger partial charge in [-0.25, -0.2) is 0 Å². The Morgan fingerprint density at radius 1 is 0.307 bits per heavy atom. The molecular weight excluding hydrogens is 1890 g/mol. The Kier molecular flexibility index (Phi) is 109. The summed E-state index contributed by atoms with van der Waals surface area (Å²) in [7, 11) is 36.8. The molecule has 2 atom stereocenters. The normalized spacial score (nSPS) is 10.6. The first kappa shape index (κ1) is 150. The van der Waals surface area contributed by atoms with Gasteiger partial charge in [-0.15, -0.1) is 0 Å². The number of methoxy groups -OCH3 is 1. The number of rotatable bonds is 43. The van der Waals surface area contributed by atoms with Gasteiger partial charge in [0.15, 0.2) is 0 Å². The zero-order valence-corrected chi connectivity index (χ0v) is 96.4. The van der Waals surface area contributed by atoms with Crippen LogP contribution in [0.1, 0.15) is 127 Å². The molecule has 0 aliphatic heterocycles. The predicted octanol–water partition coefficient (Wildman–Crippen LogP) is 15.8. The van der Waals surface area contributed by atoms with Gasteiger partial charge in [0, 0.05) is 145 Å². The molecule has 2 unspecified atom stereocenters. The smallest absolute Gasteiger partial charge is 0.129 e. The first-order chi connectivity index (χ1) is 72.3. The van der Waals surface area contributed by atoms with Crippen LogP contribution < -0.4 is 4.74 Å². The van der Waals surface area contributed by atoms with Crippen LogP contribution in [0, 0.1) is 17.2 Å². The van der Waals surface area contributed by atoms with Gasteiger partial charge in [0.2, 0.25) is 0 Å². The summed E-state index contributed by atoms with van der Waals surface area (Å²) in [5.74, 6) is 2.57. The van der Waals surface area contributed by atoms with Crippen molar-refractivity contribution in [3.8, 4) is 11.8 Å². The zero-order valence-electron chi connectivity index (χ0n) is 96.4. The van der Waals surface area contributed by atoms with Crippen molar-refractivity contribution in [1.29, 1.82) is 5.26 Å². The SMILES string of the molecule is CC(CN(C)C)C(O)(Cc1ccccc1)c1ccccc1.CCCCN(C)Cc1ccccc1.CCCN(C)Cc1ccccc1.CCN(C)Cc1ccccc1.CCO.CN(C)Cc1ccc(CO)o1.CN(C)Cc1ccccc1.CN(C)Cc1ccccc1.CN(C)Cc1ccccc1.CO.CO.CO.CO.COc1cccc(CN(C)C)c1.N#CCCN(CCO)CCO.OCCN(CCO)Cc1ccccc1.OCCO. The lowest BCUT2D eigenvalue weighted by atomic mass is 9.77. The lowest BCUT2D eigenvalue weighted by Gasteiger charge is -2.36. The van der Waals surface area contributed by atoms with E-state index in [4.69, 9.17) is 75.7 Å². The molecule has 844 valence electrons. The first-order valence-corrected chi connectivity index (χ1v) is 51.6. The molecule has 11 rings (SSSR count). The van der Waals surface area contributed by atoms with Crippen molar-refractivity contribution in [3.05, 3.63) is 377 Å². The highest BCUT2D eigenvalue weighted by Crippen LogP contribution is 2.34. The van der Waals surface area contributed by atoms with E-state index in [0.717, 1.165) is 123 Å². The van der Waals surface area contributed by atoms with Gasteiger partial charge in [0.1, 0.15) is 23.9 Å². The van der Waals surface area contributed by atoms with Crippen LogP contribution in [0.25, 0.3) is 0 Å². The van der Waals surface area contributed by atoms with Crippen molar-refractivity contribution in [2.45, 2.75) is 138 Å². The number of aliphatic hydroxyl groups excluding tert-OH is 12. The van der Waals surface area contributed by atoms with Crippen molar-refractivity contribution < 1.29 is 75.5 Å². The zero-order chi connectivity index (χ0) is 114. The van der Waals surface area contributed by atoms with Gasteiger partial charge in [0.05, 0.1) is 65.0 Å². The molecule has 0 amide bonds. The highest BCUT2D eigenvalue weighted by Gasteiger charge is 2.36. The van der Waals surface area contributed by atoms with Crippen LogP contribution in [0.3, 0.4) is 0 Å². The Morgan fingerprint density at radius 2 is 0.600 bits per heavy atom. The summed E-state index contributed by atoms with van der Waals surface area (Å²) >= 11 is 0. The number of hydrogen-bond donors (Lipinski definition) is 13. The fraction of sp³-hybridized carbons (Fsp3) is 0.472. The van der Waals surface area contributed by atoms with Crippen LogP contribution in [0.15, 0.2) is 314 Å². The Hall–Kier alpha value is -10.2. The molecule has 10 aromatic carbocycles. The maximum Gasteiger partial charge on any atom is 0.129 e. The fourth-order valence-corrected chi connectivity index (χ4v) is 13.8. The van der Waals surface area contributed by atoms with E-state index in [1.807, 2.05) is 164 Å². The largest absolute Gasteiger partial charge is 0.497 e. The highest BCUT2D eigenvalue weighted by molar-refractivity contribution is 5.30. The first-order valence-electron chi connectivity index (χ1n) is 51.6. The molecule has 27 nitrogen and oxygen atoms in total. The third-order valence-corrected chi connectivity index (χ3v) is 20.5. The van der Waals surface area contributed by atoms with Crippen molar-refractivity contribution in [1.82, 2.24) is 53.9 Å². The van der Waals surface area contributed by atoms with E-state index in [2.05, 4.69) is 332 Å². The topological polar surface area (TPSA) is 345 Å². The highest BCUT2D eigenvalue weighted by atomic mass is 16.5. The molecular formula is C123H202N12O15. The third-order valence-electron chi connectivity index (χ3n) is 20.5. The third kappa shape index (κ3) is 91.6. The van der Waals surface area contributed by atoms with Gasteiger partial charge >= 0.3 is 0 Å². The van der Waals surface area contributed by atoms with Crippen LogP contribution in [0.5, 0.6) is 5.75 Å². The monoisotopic (exact) mass is 2090 g/mol.